The third kappa shape index (κ3) is 3.37. The molecule has 1 unspecified atom stereocenters. The van der Waals surface area contributed by atoms with Crippen LogP contribution in [0.4, 0.5) is 5.69 Å². The van der Waals surface area contributed by atoms with Crippen LogP contribution in [-0.4, -0.2) is 45.4 Å². The summed E-state index contributed by atoms with van der Waals surface area (Å²) in [6, 6.07) is 14.2. The number of pyridine rings is 1. The van der Waals surface area contributed by atoms with Crippen LogP contribution in [0.3, 0.4) is 0 Å². The molecule has 1 N–H and O–H groups in total. The van der Waals surface area contributed by atoms with Crippen LogP contribution in [0.25, 0.3) is 5.65 Å². The Labute approximate surface area is 181 Å². The van der Waals surface area contributed by atoms with E-state index < -0.39 is 17.0 Å². The van der Waals surface area contributed by atoms with Gasteiger partial charge in [-0.15, -0.1) is 5.10 Å². The van der Waals surface area contributed by atoms with Crippen molar-refractivity contribution in [2.24, 2.45) is 11.3 Å². The summed E-state index contributed by atoms with van der Waals surface area (Å²) in [5.74, 6) is 0.565. The molecule has 1 aliphatic carbocycles. The maximum absolute atomic E-state index is 11.4. The first-order valence-electron chi connectivity index (χ1n) is 10.9. The predicted molar refractivity (Wildman–Crippen MR) is 117 cm³/mol. The summed E-state index contributed by atoms with van der Waals surface area (Å²) in [5, 5.41) is 14.1. The van der Waals surface area contributed by atoms with E-state index in [1.165, 1.54) is 12.1 Å². The number of ether oxygens (including phenoxy) is 1. The number of hydrogen-bond donors (Lipinski definition) is 1. The Morgan fingerprint density at radius 2 is 1.87 bits per heavy atom. The highest BCUT2D eigenvalue weighted by molar-refractivity contribution is 5.77. The fourth-order valence-electron chi connectivity index (χ4n) is 5.01. The van der Waals surface area contributed by atoms with Gasteiger partial charge in [-0.05, 0) is 30.9 Å². The lowest BCUT2D eigenvalue weighted by molar-refractivity contribution is -0.154. The van der Waals surface area contributed by atoms with Gasteiger partial charge >= 0.3 is 5.97 Å². The lowest BCUT2D eigenvalue weighted by atomic mass is 9.62. The number of carboxylic acids is 1. The molecule has 4 aliphatic rings. The van der Waals surface area contributed by atoms with Crippen LogP contribution < -0.4 is 4.90 Å². The number of benzene rings is 1. The summed E-state index contributed by atoms with van der Waals surface area (Å²) in [6.07, 6.45) is 4.20. The van der Waals surface area contributed by atoms with Crippen molar-refractivity contribution >= 4 is 17.3 Å². The van der Waals surface area contributed by atoms with Gasteiger partial charge in [0.1, 0.15) is 5.60 Å². The summed E-state index contributed by atoms with van der Waals surface area (Å²) in [6.45, 7) is 6.73. The van der Waals surface area contributed by atoms with E-state index in [0.717, 1.165) is 24.3 Å². The van der Waals surface area contributed by atoms with E-state index in [1.54, 1.807) is 0 Å². The van der Waals surface area contributed by atoms with Gasteiger partial charge in [0, 0.05) is 25.9 Å². The van der Waals surface area contributed by atoms with E-state index in [9.17, 15) is 9.90 Å². The Morgan fingerprint density at radius 3 is 2.42 bits per heavy atom. The average Bonchev–Trinajstić information content (AvgIpc) is 3.51. The minimum absolute atomic E-state index is 0.258. The highest BCUT2D eigenvalue weighted by Crippen LogP contribution is 2.62. The van der Waals surface area contributed by atoms with Crippen molar-refractivity contribution in [1.29, 1.82) is 0 Å². The fourth-order valence-corrected chi connectivity index (χ4v) is 5.01. The van der Waals surface area contributed by atoms with Crippen molar-refractivity contribution in [3.63, 3.8) is 0 Å². The third-order valence-corrected chi connectivity index (χ3v) is 6.79. The first-order valence-corrected chi connectivity index (χ1v) is 10.9. The topological polar surface area (TPSA) is 80.0 Å². The number of carboxylic acid groups (broad SMARTS) is 1. The van der Waals surface area contributed by atoms with E-state index in [-0.39, 0.29) is 6.61 Å². The zero-order chi connectivity index (χ0) is 21.6. The van der Waals surface area contributed by atoms with Crippen LogP contribution >= 0.6 is 0 Å². The van der Waals surface area contributed by atoms with Crippen molar-refractivity contribution in [2.75, 3.05) is 24.6 Å². The standard InChI is InChI=1S/C18H22N4O3.C6H6/c1-11-3-4-21(6-11)13-5-12(2)14-19-15(20-22(14)7-13)18-8-17(9-18,10-25-18)16(23)24;1-2-4-6-5-3-1/h5,7,11H,3-4,6,8-10H2,1-2H3,(H,23,24);1-6H. The number of aryl methyl sites for hydroxylation is 1. The Balaban J connectivity index is 0.000000296. The van der Waals surface area contributed by atoms with Gasteiger partial charge in [-0.2, -0.15) is 0 Å². The monoisotopic (exact) mass is 420 g/mol. The Morgan fingerprint density at radius 1 is 1.19 bits per heavy atom. The van der Waals surface area contributed by atoms with Gasteiger partial charge in [0.2, 0.25) is 0 Å². The van der Waals surface area contributed by atoms with Crippen molar-refractivity contribution in [2.45, 2.75) is 38.7 Å². The normalized spacial score (nSPS) is 28.8. The maximum Gasteiger partial charge on any atom is 0.312 e. The molecule has 3 saturated heterocycles. The second-order valence-electron chi connectivity index (χ2n) is 9.30. The van der Waals surface area contributed by atoms with E-state index in [2.05, 4.69) is 23.0 Å². The maximum atomic E-state index is 11.4. The van der Waals surface area contributed by atoms with E-state index in [1.807, 2.05) is 54.0 Å². The first kappa shape index (κ1) is 20.0. The average molecular weight is 421 g/mol. The lowest BCUT2D eigenvalue weighted by Crippen LogP contribution is -2.47. The summed E-state index contributed by atoms with van der Waals surface area (Å²) in [5.41, 5.74) is 1.73. The second kappa shape index (κ2) is 7.34. The molecule has 3 aliphatic heterocycles. The molecule has 5 heterocycles. The molecule has 0 spiro atoms. The zero-order valence-electron chi connectivity index (χ0n) is 18.0. The molecule has 0 radical (unpaired) electrons. The lowest BCUT2D eigenvalue weighted by Gasteiger charge is -2.39. The van der Waals surface area contributed by atoms with Crippen molar-refractivity contribution in [3.8, 4) is 0 Å². The van der Waals surface area contributed by atoms with Crippen LogP contribution in [0.1, 0.15) is 37.6 Å². The van der Waals surface area contributed by atoms with Crippen molar-refractivity contribution < 1.29 is 14.6 Å². The smallest absolute Gasteiger partial charge is 0.312 e. The highest BCUT2D eigenvalue weighted by atomic mass is 16.5. The quantitative estimate of drug-likeness (QED) is 0.697. The van der Waals surface area contributed by atoms with Crippen molar-refractivity contribution in [1.82, 2.24) is 14.6 Å². The third-order valence-electron chi connectivity index (χ3n) is 6.79. The van der Waals surface area contributed by atoms with Gasteiger partial charge in [0.05, 0.1) is 23.9 Å². The molecule has 2 aromatic heterocycles. The number of rotatable bonds is 3. The molecule has 0 amide bonds. The number of anilines is 1. The summed E-state index contributed by atoms with van der Waals surface area (Å²) >= 11 is 0. The fraction of sp³-hybridized carbons (Fsp3) is 0.458. The number of carbonyl (C=O) groups is 1. The summed E-state index contributed by atoms with van der Waals surface area (Å²) < 4.78 is 7.68. The van der Waals surface area contributed by atoms with Gasteiger partial charge in [-0.1, -0.05) is 43.3 Å². The minimum atomic E-state index is -0.772. The molecule has 1 aromatic carbocycles. The number of nitrogens with zero attached hydrogens (tertiary/aromatic N) is 4. The molecule has 7 rings (SSSR count). The predicted octanol–water partition coefficient (Wildman–Crippen LogP) is 3.66. The van der Waals surface area contributed by atoms with Crippen LogP contribution in [0.2, 0.25) is 0 Å². The summed E-state index contributed by atoms with van der Waals surface area (Å²) in [7, 11) is 0. The number of aromatic nitrogens is 3. The largest absolute Gasteiger partial charge is 0.481 e. The molecule has 4 fully saturated rings. The zero-order valence-corrected chi connectivity index (χ0v) is 18.0. The molecule has 1 atom stereocenters. The molecular weight excluding hydrogens is 392 g/mol. The molecule has 31 heavy (non-hydrogen) atoms. The van der Waals surface area contributed by atoms with Crippen LogP contribution in [0.5, 0.6) is 0 Å². The number of hydrogen-bond acceptors (Lipinski definition) is 5. The molecule has 162 valence electrons. The molecule has 3 aromatic rings. The Hall–Kier alpha value is -2.93. The van der Waals surface area contributed by atoms with Gasteiger partial charge in [-0.3, -0.25) is 4.79 Å². The highest BCUT2D eigenvalue weighted by Gasteiger charge is 2.69. The van der Waals surface area contributed by atoms with Crippen LogP contribution in [-0.2, 0) is 15.1 Å². The molecular formula is C24H28N4O3. The van der Waals surface area contributed by atoms with E-state index >= 15 is 0 Å². The van der Waals surface area contributed by atoms with E-state index in [0.29, 0.717) is 24.6 Å². The molecule has 1 saturated carbocycles. The number of aliphatic carboxylic acids is 1. The molecule has 7 nitrogen and oxygen atoms in total. The molecule has 7 heteroatoms. The first-order chi connectivity index (χ1) is 14.9. The minimum Gasteiger partial charge on any atom is -0.481 e. The second-order valence-corrected chi connectivity index (χ2v) is 9.30. The van der Waals surface area contributed by atoms with Gasteiger partial charge < -0.3 is 14.7 Å². The molecule has 2 bridgehead atoms. The SMILES string of the molecule is Cc1cc(N2CCC(C)C2)cn2nc(C34CC(C(=O)O)(CO3)C4)nc12.c1ccccc1. The Kier molecular flexibility index (Phi) is 4.73. The van der Waals surface area contributed by atoms with Gasteiger partial charge in [0.15, 0.2) is 11.5 Å². The number of fused-ring (bicyclic) bond motifs is 2. The Bertz CT molecular complexity index is 1080. The van der Waals surface area contributed by atoms with Crippen LogP contribution in [0, 0.1) is 18.3 Å². The van der Waals surface area contributed by atoms with Gasteiger partial charge in [-0.25, -0.2) is 9.50 Å². The van der Waals surface area contributed by atoms with Gasteiger partial charge in [0.25, 0.3) is 0 Å². The van der Waals surface area contributed by atoms with E-state index in [4.69, 9.17) is 9.72 Å². The van der Waals surface area contributed by atoms with Crippen molar-refractivity contribution in [3.05, 3.63) is 60.0 Å². The summed E-state index contributed by atoms with van der Waals surface area (Å²) in [4.78, 5) is 18.5. The van der Waals surface area contributed by atoms with Crippen LogP contribution in [0.15, 0.2) is 48.7 Å².